The van der Waals surface area contributed by atoms with E-state index >= 15 is 0 Å². The van der Waals surface area contributed by atoms with Crippen LogP contribution in [-0.2, 0) is 0 Å². The van der Waals surface area contributed by atoms with Crippen molar-refractivity contribution in [2.75, 3.05) is 5.32 Å². The highest BCUT2D eigenvalue weighted by Gasteiger charge is 2.19. The maximum atomic E-state index is 9.35. The zero-order valence-corrected chi connectivity index (χ0v) is 9.44. The molecule has 0 atom stereocenters. The Labute approximate surface area is 92.9 Å². The van der Waals surface area contributed by atoms with Crippen LogP contribution < -0.4 is 5.32 Å². The van der Waals surface area contributed by atoms with E-state index in [1.807, 2.05) is 12.1 Å². The summed E-state index contributed by atoms with van der Waals surface area (Å²) in [6.45, 7) is 0. The Morgan fingerprint density at radius 1 is 1.29 bits per heavy atom. The van der Waals surface area contributed by atoms with Gasteiger partial charge >= 0.3 is 0 Å². The second kappa shape index (κ2) is 4.51. The zero-order chi connectivity index (χ0) is 9.97. The Morgan fingerprint density at radius 3 is 2.57 bits per heavy atom. The van der Waals surface area contributed by atoms with E-state index in [-0.39, 0.29) is 6.10 Å². The summed E-state index contributed by atoms with van der Waals surface area (Å²) >= 11 is 7.41. The molecule has 1 aromatic heterocycles. The van der Waals surface area contributed by atoms with Crippen molar-refractivity contribution < 1.29 is 5.11 Å². The number of hydrogen-bond acceptors (Lipinski definition) is 3. The molecular weight excluding hydrogens is 218 g/mol. The van der Waals surface area contributed by atoms with Crippen molar-refractivity contribution >= 4 is 27.9 Å². The SMILES string of the molecule is OC1CCC(Nc2ccc(Cl)s2)CC1. The highest BCUT2D eigenvalue weighted by Crippen LogP contribution is 2.29. The molecule has 0 aromatic carbocycles. The summed E-state index contributed by atoms with van der Waals surface area (Å²) in [4.78, 5) is 0. The summed E-state index contributed by atoms with van der Waals surface area (Å²) < 4.78 is 0.823. The van der Waals surface area contributed by atoms with E-state index in [9.17, 15) is 5.11 Å². The van der Waals surface area contributed by atoms with Crippen LogP contribution in [0, 0.1) is 0 Å². The maximum Gasteiger partial charge on any atom is 0.0950 e. The molecule has 1 fully saturated rings. The van der Waals surface area contributed by atoms with Crippen molar-refractivity contribution in [2.24, 2.45) is 0 Å². The number of rotatable bonds is 2. The van der Waals surface area contributed by atoms with Gasteiger partial charge in [-0.15, -0.1) is 11.3 Å². The first-order valence-electron chi connectivity index (χ1n) is 4.94. The first-order chi connectivity index (χ1) is 6.74. The van der Waals surface area contributed by atoms with Crippen LogP contribution in [0.3, 0.4) is 0 Å². The molecule has 0 aliphatic heterocycles. The molecule has 0 bridgehead atoms. The summed E-state index contributed by atoms with van der Waals surface area (Å²) in [6, 6.07) is 4.43. The predicted octanol–water partition coefficient (Wildman–Crippen LogP) is 3.12. The van der Waals surface area contributed by atoms with Crippen molar-refractivity contribution in [1.82, 2.24) is 0 Å². The first-order valence-corrected chi connectivity index (χ1v) is 6.13. The van der Waals surface area contributed by atoms with Crippen LogP contribution in [0.15, 0.2) is 12.1 Å². The van der Waals surface area contributed by atoms with Gasteiger partial charge in [0, 0.05) is 6.04 Å². The highest BCUT2D eigenvalue weighted by molar-refractivity contribution is 7.19. The Kier molecular flexibility index (Phi) is 3.31. The summed E-state index contributed by atoms with van der Waals surface area (Å²) in [5, 5.41) is 13.9. The number of aliphatic hydroxyl groups excluding tert-OH is 1. The van der Waals surface area contributed by atoms with Gasteiger partial charge in [-0.1, -0.05) is 11.6 Å². The number of aliphatic hydroxyl groups is 1. The number of anilines is 1. The molecule has 1 aliphatic carbocycles. The molecular formula is C10H14ClNOS. The fourth-order valence-electron chi connectivity index (χ4n) is 1.81. The molecule has 4 heteroatoms. The molecule has 1 saturated carbocycles. The molecule has 0 saturated heterocycles. The molecule has 1 heterocycles. The van der Waals surface area contributed by atoms with Crippen LogP contribution in [0.2, 0.25) is 4.34 Å². The van der Waals surface area contributed by atoms with Crippen LogP contribution in [0.5, 0.6) is 0 Å². The van der Waals surface area contributed by atoms with Crippen molar-refractivity contribution in [1.29, 1.82) is 0 Å². The van der Waals surface area contributed by atoms with E-state index in [4.69, 9.17) is 11.6 Å². The van der Waals surface area contributed by atoms with E-state index in [1.165, 1.54) is 0 Å². The van der Waals surface area contributed by atoms with Crippen LogP contribution >= 0.6 is 22.9 Å². The summed E-state index contributed by atoms with van der Waals surface area (Å²) in [7, 11) is 0. The van der Waals surface area contributed by atoms with Crippen molar-refractivity contribution in [3.05, 3.63) is 16.5 Å². The minimum absolute atomic E-state index is 0.0834. The van der Waals surface area contributed by atoms with Gasteiger partial charge in [-0.2, -0.15) is 0 Å². The normalized spacial score (nSPS) is 27.6. The Balaban J connectivity index is 1.86. The lowest BCUT2D eigenvalue weighted by Gasteiger charge is -2.26. The van der Waals surface area contributed by atoms with Crippen LogP contribution in [0.1, 0.15) is 25.7 Å². The smallest absolute Gasteiger partial charge is 0.0950 e. The van der Waals surface area contributed by atoms with Crippen LogP contribution in [0.25, 0.3) is 0 Å². The quantitative estimate of drug-likeness (QED) is 0.820. The number of hydrogen-bond donors (Lipinski definition) is 2. The van der Waals surface area contributed by atoms with Gasteiger partial charge in [0.25, 0.3) is 0 Å². The first kappa shape index (κ1) is 10.3. The number of halogens is 1. The molecule has 1 aromatic rings. The molecule has 2 N–H and O–H groups in total. The van der Waals surface area contributed by atoms with E-state index < -0.39 is 0 Å². The van der Waals surface area contributed by atoms with Crippen LogP contribution in [0.4, 0.5) is 5.00 Å². The summed E-state index contributed by atoms with van der Waals surface area (Å²) in [5.74, 6) is 0. The molecule has 1 aliphatic rings. The average molecular weight is 232 g/mol. The minimum Gasteiger partial charge on any atom is -0.393 e. The van der Waals surface area contributed by atoms with Gasteiger partial charge in [0.1, 0.15) is 0 Å². The maximum absolute atomic E-state index is 9.35. The Hall–Kier alpha value is -0.250. The third-order valence-electron chi connectivity index (χ3n) is 2.62. The lowest BCUT2D eigenvalue weighted by Crippen LogP contribution is -2.27. The van der Waals surface area contributed by atoms with Gasteiger partial charge in [-0.3, -0.25) is 0 Å². The number of thiophene rings is 1. The lowest BCUT2D eigenvalue weighted by atomic mass is 9.93. The largest absolute Gasteiger partial charge is 0.393 e. The molecule has 0 radical (unpaired) electrons. The van der Waals surface area contributed by atoms with Gasteiger partial charge in [0.15, 0.2) is 0 Å². The predicted molar refractivity (Wildman–Crippen MR) is 61.2 cm³/mol. The Morgan fingerprint density at radius 2 is 2.00 bits per heavy atom. The van der Waals surface area contributed by atoms with E-state index in [0.29, 0.717) is 6.04 Å². The van der Waals surface area contributed by atoms with Gasteiger partial charge < -0.3 is 10.4 Å². The molecule has 2 nitrogen and oxygen atoms in total. The van der Waals surface area contributed by atoms with Crippen LogP contribution in [-0.4, -0.2) is 17.3 Å². The van der Waals surface area contributed by atoms with Crippen molar-refractivity contribution in [3.63, 3.8) is 0 Å². The van der Waals surface area contributed by atoms with E-state index in [0.717, 1.165) is 35.0 Å². The third-order valence-corrected chi connectivity index (χ3v) is 3.78. The summed E-state index contributed by atoms with van der Waals surface area (Å²) in [5.41, 5.74) is 0. The fourth-order valence-corrected chi connectivity index (χ4v) is 2.83. The zero-order valence-electron chi connectivity index (χ0n) is 7.87. The van der Waals surface area contributed by atoms with Crippen molar-refractivity contribution in [2.45, 2.75) is 37.8 Å². The van der Waals surface area contributed by atoms with Gasteiger partial charge in [-0.05, 0) is 37.8 Å². The molecule has 0 spiro atoms. The highest BCUT2D eigenvalue weighted by atomic mass is 35.5. The molecule has 14 heavy (non-hydrogen) atoms. The molecule has 2 rings (SSSR count). The lowest BCUT2D eigenvalue weighted by molar-refractivity contribution is 0.126. The topological polar surface area (TPSA) is 32.3 Å². The fraction of sp³-hybridized carbons (Fsp3) is 0.600. The average Bonchev–Trinajstić information content (AvgIpc) is 2.56. The third kappa shape index (κ3) is 2.62. The molecule has 0 unspecified atom stereocenters. The number of nitrogens with one attached hydrogen (secondary N) is 1. The van der Waals surface area contributed by atoms with E-state index in [1.54, 1.807) is 11.3 Å². The van der Waals surface area contributed by atoms with Gasteiger partial charge in [-0.25, -0.2) is 0 Å². The van der Waals surface area contributed by atoms with Crippen molar-refractivity contribution in [3.8, 4) is 0 Å². The standard InChI is InChI=1S/C10H14ClNOS/c11-9-5-6-10(14-9)12-7-1-3-8(13)4-2-7/h5-8,12-13H,1-4H2. The Bertz CT molecular complexity index is 294. The molecule has 78 valence electrons. The second-order valence-electron chi connectivity index (χ2n) is 3.75. The monoisotopic (exact) mass is 231 g/mol. The van der Waals surface area contributed by atoms with E-state index in [2.05, 4.69) is 5.32 Å². The minimum atomic E-state index is -0.0834. The summed E-state index contributed by atoms with van der Waals surface area (Å²) in [6.07, 6.45) is 3.85. The van der Waals surface area contributed by atoms with Gasteiger partial charge in [0.2, 0.25) is 0 Å². The second-order valence-corrected chi connectivity index (χ2v) is 5.47. The van der Waals surface area contributed by atoms with Gasteiger partial charge in [0.05, 0.1) is 15.4 Å². The molecule has 0 amide bonds.